The van der Waals surface area contributed by atoms with Gasteiger partial charge < -0.3 is 4.90 Å². The Bertz CT molecular complexity index is 783. The molecular formula is C14H14N6O2. The Hall–Kier alpha value is -2.77. The first kappa shape index (κ1) is 12.9. The molecule has 8 heteroatoms. The predicted molar refractivity (Wildman–Crippen MR) is 77.3 cm³/mol. The van der Waals surface area contributed by atoms with Crippen molar-refractivity contribution >= 4 is 23.5 Å². The van der Waals surface area contributed by atoms with Crippen LogP contribution in [0.5, 0.6) is 0 Å². The van der Waals surface area contributed by atoms with E-state index < -0.39 is 0 Å². The predicted octanol–water partition coefficient (Wildman–Crippen LogP) is 0.497. The number of rotatable bonds is 2. The maximum Gasteiger partial charge on any atom is 0.273 e. The number of anilines is 2. The molecule has 0 unspecified atom stereocenters. The molecule has 2 aromatic rings. The van der Waals surface area contributed by atoms with Gasteiger partial charge in [0, 0.05) is 24.2 Å². The molecule has 1 aromatic carbocycles. The van der Waals surface area contributed by atoms with Gasteiger partial charge in [-0.1, -0.05) is 11.2 Å². The second-order valence-corrected chi connectivity index (χ2v) is 5.46. The molecule has 0 spiro atoms. The molecule has 2 amide bonds. The quantitative estimate of drug-likeness (QED) is 0.806. The fourth-order valence-electron chi connectivity index (χ4n) is 2.92. The molecule has 0 aliphatic carbocycles. The first-order chi connectivity index (χ1) is 10.6. The van der Waals surface area contributed by atoms with Gasteiger partial charge in [0.05, 0.1) is 13.6 Å². The molecule has 0 atom stereocenters. The molecule has 0 bridgehead atoms. The highest BCUT2D eigenvalue weighted by atomic mass is 16.2. The number of benzene rings is 1. The number of aromatic nitrogens is 4. The lowest BCUT2D eigenvalue weighted by molar-refractivity contribution is -0.117. The monoisotopic (exact) mass is 298 g/mol. The fraction of sp³-hybridized carbons (Fsp3) is 0.357. The third kappa shape index (κ3) is 1.87. The number of aryl methyl sites for hydroxylation is 1. The minimum Gasteiger partial charge on any atom is -0.312 e. The van der Waals surface area contributed by atoms with Crippen LogP contribution < -0.4 is 9.80 Å². The van der Waals surface area contributed by atoms with Gasteiger partial charge in [0.25, 0.3) is 11.9 Å². The van der Waals surface area contributed by atoms with E-state index in [1.165, 1.54) is 9.70 Å². The van der Waals surface area contributed by atoms with E-state index in [1.807, 2.05) is 12.1 Å². The van der Waals surface area contributed by atoms with E-state index in [2.05, 4.69) is 15.4 Å². The molecule has 0 radical (unpaired) electrons. The van der Waals surface area contributed by atoms with Gasteiger partial charge in [-0.2, -0.15) is 4.80 Å². The Labute approximate surface area is 126 Å². The summed E-state index contributed by atoms with van der Waals surface area (Å²) in [5.74, 6) is 0.247. The highest BCUT2D eigenvalue weighted by Crippen LogP contribution is 2.30. The van der Waals surface area contributed by atoms with Crippen LogP contribution in [0.2, 0.25) is 0 Å². The summed E-state index contributed by atoms with van der Waals surface area (Å²) in [5.41, 5.74) is 2.29. The Kier molecular flexibility index (Phi) is 2.72. The average molecular weight is 298 g/mol. The minimum absolute atomic E-state index is 0.109. The summed E-state index contributed by atoms with van der Waals surface area (Å²) < 4.78 is 0. The molecule has 3 heterocycles. The van der Waals surface area contributed by atoms with Crippen molar-refractivity contribution in [2.45, 2.75) is 19.4 Å². The van der Waals surface area contributed by atoms with E-state index in [1.54, 1.807) is 18.0 Å². The third-order valence-electron chi connectivity index (χ3n) is 4.02. The van der Waals surface area contributed by atoms with Crippen molar-refractivity contribution in [3.63, 3.8) is 0 Å². The summed E-state index contributed by atoms with van der Waals surface area (Å²) in [6, 6.07) is 5.57. The molecule has 112 valence electrons. The Morgan fingerprint density at radius 1 is 1.18 bits per heavy atom. The van der Waals surface area contributed by atoms with Crippen molar-refractivity contribution < 1.29 is 9.59 Å². The number of carbonyl (C=O) groups excluding carboxylic acids is 2. The smallest absolute Gasteiger partial charge is 0.273 e. The number of hydrogen-bond donors (Lipinski definition) is 0. The highest BCUT2D eigenvalue weighted by molar-refractivity contribution is 6.10. The molecule has 1 saturated heterocycles. The maximum atomic E-state index is 12.6. The number of amides is 2. The maximum absolute atomic E-state index is 12.6. The normalized spacial score (nSPS) is 17.5. The van der Waals surface area contributed by atoms with Gasteiger partial charge in [0.15, 0.2) is 0 Å². The number of hydrogen-bond acceptors (Lipinski definition) is 5. The van der Waals surface area contributed by atoms with Gasteiger partial charge in [-0.25, -0.2) is 0 Å². The largest absolute Gasteiger partial charge is 0.312 e. The van der Waals surface area contributed by atoms with Crippen LogP contribution in [0.25, 0.3) is 0 Å². The SMILES string of the molecule is Cn1nnc(N2Cc3ccc(N4CCCC4=O)cc3C2=O)n1. The summed E-state index contributed by atoms with van der Waals surface area (Å²) in [4.78, 5) is 29.0. The minimum atomic E-state index is -0.156. The van der Waals surface area contributed by atoms with E-state index >= 15 is 0 Å². The topological polar surface area (TPSA) is 84.2 Å². The van der Waals surface area contributed by atoms with Crippen molar-refractivity contribution in [3.05, 3.63) is 29.3 Å². The molecule has 1 fully saturated rings. The van der Waals surface area contributed by atoms with Gasteiger partial charge in [0.2, 0.25) is 5.91 Å². The Morgan fingerprint density at radius 2 is 2.05 bits per heavy atom. The number of nitrogens with zero attached hydrogens (tertiary/aromatic N) is 6. The molecular weight excluding hydrogens is 284 g/mol. The van der Waals surface area contributed by atoms with E-state index in [0.29, 0.717) is 31.0 Å². The molecule has 1 aromatic heterocycles. The van der Waals surface area contributed by atoms with Gasteiger partial charge in [-0.05, 0) is 29.3 Å². The van der Waals surface area contributed by atoms with Crippen LogP contribution in [0.4, 0.5) is 11.6 Å². The number of carbonyl (C=O) groups is 2. The molecule has 0 saturated carbocycles. The van der Waals surface area contributed by atoms with Gasteiger partial charge in [0.1, 0.15) is 0 Å². The van der Waals surface area contributed by atoms with Crippen molar-refractivity contribution in [1.29, 1.82) is 0 Å². The Morgan fingerprint density at radius 3 is 2.73 bits per heavy atom. The fourth-order valence-corrected chi connectivity index (χ4v) is 2.92. The number of tetrazole rings is 1. The van der Waals surface area contributed by atoms with E-state index in [0.717, 1.165) is 17.7 Å². The van der Waals surface area contributed by atoms with Crippen LogP contribution in [0.1, 0.15) is 28.8 Å². The molecule has 8 nitrogen and oxygen atoms in total. The standard InChI is InChI=1S/C14H14N6O2/c1-18-16-14(15-17-18)20-8-9-4-5-10(7-11(9)13(20)22)19-6-2-3-12(19)21/h4-5,7H,2-3,6,8H2,1H3. The highest BCUT2D eigenvalue weighted by Gasteiger charge is 2.32. The van der Waals surface area contributed by atoms with Gasteiger partial charge >= 0.3 is 0 Å². The van der Waals surface area contributed by atoms with E-state index in [-0.39, 0.29) is 11.8 Å². The summed E-state index contributed by atoms with van der Waals surface area (Å²) in [5, 5.41) is 11.7. The first-order valence-corrected chi connectivity index (χ1v) is 7.12. The van der Waals surface area contributed by atoms with Crippen LogP contribution in [0, 0.1) is 0 Å². The van der Waals surface area contributed by atoms with Gasteiger partial charge in [-0.3, -0.25) is 14.5 Å². The Balaban J connectivity index is 1.67. The summed E-state index contributed by atoms with van der Waals surface area (Å²) in [7, 11) is 1.65. The van der Waals surface area contributed by atoms with E-state index in [9.17, 15) is 9.59 Å². The zero-order valence-electron chi connectivity index (χ0n) is 12.1. The summed E-state index contributed by atoms with van der Waals surface area (Å²) in [6.07, 6.45) is 1.43. The molecule has 4 rings (SSSR count). The molecule has 22 heavy (non-hydrogen) atoms. The van der Waals surface area contributed by atoms with Crippen LogP contribution >= 0.6 is 0 Å². The summed E-state index contributed by atoms with van der Waals surface area (Å²) in [6.45, 7) is 1.13. The molecule has 2 aliphatic heterocycles. The van der Waals surface area contributed by atoms with Crippen LogP contribution in [0.3, 0.4) is 0 Å². The van der Waals surface area contributed by atoms with Crippen molar-refractivity contribution in [3.8, 4) is 0 Å². The first-order valence-electron chi connectivity index (χ1n) is 7.12. The van der Waals surface area contributed by atoms with Crippen molar-refractivity contribution in [2.75, 3.05) is 16.3 Å². The second-order valence-electron chi connectivity index (χ2n) is 5.46. The third-order valence-corrected chi connectivity index (χ3v) is 4.02. The van der Waals surface area contributed by atoms with Gasteiger partial charge in [-0.15, -0.1) is 5.10 Å². The zero-order chi connectivity index (χ0) is 15.3. The second kappa shape index (κ2) is 4.62. The number of fused-ring (bicyclic) bond motifs is 1. The van der Waals surface area contributed by atoms with Crippen LogP contribution in [0.15, 0.2) is 18.2 Å². The molecule has 0 N–H and O–H groups in total. The van der Waals surface area contributed by atoms with E-state index in [4.69, 9.17) is 0 Å². The van der Waals surface area contributed by atoms with Crippen molar-refractivity contribution in [2.24, 2.45) is 7.05 Å². The average Bonchev–Trinajstić information content (AvgIpc) is 3.19. The lowest BCUT2D eigenvalue weighted by atomic mass is 10.1. The van der Waals surface area contributed by atoms with Crippen LogP contribution in [-0.2, 0) is 18.4 Å². The van der Waals surface area contributed by atoms with Crippen LogP contribution in [-0.4, -0.2) is 38.6 Å². The lowest BCUT2D eigenvalue weighted by Crippen LogP contribution is -2.25. The molecule has 2 aliphatic rings. The summed E-state index contributed by atoms with van der Waals surface area (Å²) >= 11 is 0. The van der Waals surface area contributed by atoms with Crippen molar-refractivity contribution in [1.82, 2.24) is 20.2 Å². The zero-order valence-corrected chi connectivity index (χ0v) is 12.1. The lowest BCUT2D eigenvalue weighted by Gasteiger charge is -2.16.